The Bertz CT molecular complexity index is 911. The number of primary amides is 1. The fourth-order valence-electron chi connectivity index (χ4n) is 3.40. The van der Waals surface area contributed by atoms with Crippen molar-refractivity contribution in [2.75, 3.05) is 38.7 Å². The zero-order valence-corrected chi connectivity index (χ0v) is 18.0. The summed E-state index contributed by atoms with van der Waals surface area (Å²) in [5, 5.41) is 0. The minimum absolute atomic E-state index is 0.132. The summed E-state index contributed by atoms with van der Waals surface area (Å²) in [7, 11) is 3.75. The maximum Gasteiger partial charge on any atom is 0.248 e. The SMILES string of the molecule is CC(C)CC(=O)N1CCO[C@@H](c2nc(N(C)C)ncc2-c2ccc(C(N)=O)cc2)C1. The van der Waals surface area contributed by atoms with Gasteiger partial charge in [0.05, 0.1) is 18.8 Å². The maximum atomic E-state index is 12.6. The number of nitrogens with two attached hydrogens (primary N) is 1. The van der Waals surface area contributed by atoms with Crippen LogP contribution in [0.25, 0.3) is 11.1 Å². The molecule has 1 fully saturated rings. The molecular weight excluding hydrogens is 382 g/mol. The Hall–Kier alpha value is -3.00. The van der Waals surface area contributed by atoms with Gasteiger partial charge in [0.2, 0.25) is 17.8 Å². The number of hydrogen-bond acceptors (Lipinski definition) is 6. The average molecular weight is 412 g/mol. The van der Waals surface area contributed by atoms with Crippen LogP contribution in [0.1, 0.15) is 42.4 Å². The molecule has 8 nitrogen and oxygen atoms in total. The number of carbonyl (C=O) groups excluding carboxylic acids is 2. The van der Waals surface area contributed by atoms with Crippen molar-refractivity contribution in [3.63, 3.8) is 0 Å². The molecule has 3 rings (SSSR count). The van der Waals surface area contributed by atoms with Gasteiger partial charge in [0.25, 0.3) is 0 Å². The summed E-state index contributed by atoms with van der Waals surface area (Å²) < 4.78 is 6.03. The molecule has 160 valence electrons. The van der Waals surface area contributed by atoms with Crippen molar-refractivity contribution >= 4 is 17.8 Å². The third kappa shape index (κ3) is 4.94. The average Bonchev–Trinajstić information content (AvgIpc) is 2.73. The summed E-state index contributed by atoms with van der Waals surface area (Å²) in [6.45, 7) is 5.56. The first kappa shape index (κ1) is 21.7. The van der Waals surface area contributed by atoms with Crippen molar-refractivity contribution in [1.82, 2.24) is 14.9 Å². The van der Waals surface area contributed by atoms with Crippen molar-refractivity contribution in [2.24, 2.45) is 11.7 Å². The molecule has 0 spiro atoms. The molecule has 0 unspecified atom stereocenters. The van der Waals surface area contributed by atoms with Crippen LogP contribution in [0.2, 0.25) is 0 Å². The molecule has 2 amide bonds. The van der Waals surface area contributed by atoms with Gasteiger partial charge in [-0.1, -0.05) is 26.0 Å². The van der Waals surface area contributed by atoms with Crippen LogP contribution < -0.4 is 10.6 Å². The summed E-state index contributed by atoms with van der Waals surface area (Å²) in [4.78, 5) is 36.9. The van der Waals surface area contributed by atoms with Crippen molar-refractivity contribution in [3.05, 3.63) is 41.7 Å². The smallest absolute Gasteiger partial charge is 0.248 e. The summed E-state index contributed by atoms with van der Waals surface area (Å²) in [6.07, 6.45) is 1.91. The molecule has 1 aromatic carbocycles. The van der Waals surface area contributed by atoms with E-state index < -0.39 is 5.91 Å². The van der Waals surface area contributed by atoms with Crippen LogP contribution in [0.4, 0.5) is 5.95 Å². The minimum Gasteiger partial charge on any atom is -0.368 e. The number of morpholine rings is 1. The van der Waals surface area contributed by atoms with E-state index in [-0.39, 0.29) is 12.0 Å². The van der Waals surface area contributed by atoms with Crippen LogP contribution in [-0.2, 0) is 9.53 Å². The molecule has 2 heterocycles. The summed E-state index contributed by atoms with van der Waals surface area (Å²) in [5.41, 5.74) is 8.18. The van der Waals surface area contributed by atoms with Gasteiger partial charge in [-0.25, -0.2) is 9.97 Å². The monoisotopic (exact) mass is 411 g/mol. The normalized spacial score (nSPS) is 16.6. The van der Waals surface area contributed by atoms with Crippen LogP contribution >= 0.6 is 0 Å². The first-order valence-corrected chi connectivity index (χ1v) is 10.1. The second-order valence-electron chi connectivity index (χ2n) is 8.10. The maximum absolute atomic E-state index is 12.6. The van der Waals surface area contributed by atoms with E-state index in [1.165, 1.54) is 0 Å². The molecule has 30 heavy (non-hydrogen) atoms. The Kier molecular flexibility index (Phi) is 6.66. The van der Waals surface area contributed by atoms with Gasteiger partial charge in [0.1, 0.15) is 6.10 Å². The lowest BCUT2D eigenvalue weighted by Gasteiger charge is -2.34. The van der Waals surface area contributed by atoms with Crippen molar-refractivity contribution in [3.8, 4) is 11.1 Å². The molecule has 1 atom stereocenters. The van der Waals surface area contributed by atoms with Crippen LogP contribution in [-0.4, -0.2) is 60.5 Å². The third-order valence-electron chi connectivity index (χ3n) is 4.99. The molecule has 0 bridgehead atoms. The first-order chi connectivity index (χ1) is 14.3. The molecular formula is C22H29N5O3. The molecule has 8 heteroatoms. The Morgan fingerprint density at radius 1 is 1.27 bits per heavy atom. The van der Waals surface area contributed by atoms with Gasteiger partial charge in [0, 0.05) is 44.4 Å². The number of amides is 2. The third-order valence-corrected chi connectivity index (χ3v) is 4.99. The molecule has 1 saturated heterocycles. The highest BCUT2D eigenvalue weighted by Gasteiger charge is 2.29. The Morgan fingerprint density at radius 3 is 2.57 bits per heavy atom. The molecule has 1 aliphatic rings. The van der Waals surface area contributed by atoms with Crippen molar-refractivity contribution in [1.29, 1.82) is 0 Å². The highest BCUT2D eigenvalue weighted by atomic mass is 16.5. The van der Waals surface area contributed by atoms with Gasteiger partial charge in [-0.3, -0.25) is 9.59 Å². The lowest BCUT2D eigenvalue weighted by molar-refractivity contribution is -0.139. The molecule has 2 aromatic rings. The predicted octanol–water partition coefficient (Wildman–Crippen LogP) is 2.25. The molecule has 0 radical (unpaired) electrons. The van der Waals surface area contributed by atoms with Gasteiger partial charge >= 0.3 is 0 Å². The number of aromatic nitrogens is 2. The predicted molar refractivity (Wildman–Crippen MR) is 115 cm³/mol. The van der Waals surface area contributed by atoms with E-state index in [1.807, 2.05) is 49.9 Å². The Labute approximate surface area is 177 Å². The second kappa shape index (κ2) is 9.21. The number of carbonyl (C=O) groups is 2. The Balaban J connectivity index is 1.96. The van der Waals surface area contributed by atoms with E-state index in [0.29, 0.717) is 43.5 Å². The zero-order valence-electron chi connectivity index (χ0n) is 18.0. The second-order valence-corrected chi connectivity index (χ2v) is 8.10. The number of ether oxygens (including phenoxy) is 1. The number of benzene rings is 1. The molecule has 1 aromatic heterocycles. The summed E-state index contributed by atoms with van der Waals surface area (Å²) in [5.74, 6) is 0.526. The number of anilines is 1. The van der Waals surface area contributed by atoms with Gasteiger partial charge in [-0.2, -0.15) is 0 Å². The van der Waals surface area contributed by atoms with Crippen molar-refractivity contribution < 1.29 is 14.3 Å². The van der Waals surface area contributed by atoms with Gasteiger partial charge in [-0.15, -0.1) is 0 Å². The van der Waals surface area contributed by atoms with E-state index >= 15 is 0 Å². The van der Waals surface area contributed by atoms with Gasteiger partial charge in [-0.05, 0) is 23.6 Å². The lowest BCUT2D eigenvalue weighted by atomic mass is 10.00. The van der Waals surface area contributed by atoms with E-state index in [2.05, 4.69) is 4.98 Å². The molecule has 2 N–H and O–H groups in total. The van der Waals surface area contributed by atoms with Crippen LogP contribution in [0.15, 0.2) is 30.5 Å². The standard InChI is InChI=1S/C22H29N5O3/c1-14(2)11-19(28)27-9-10-30-18(13-27)20-17(12-24-22(25-20)26(3)4)15-5-7-16(8-6-15)21(23)29/h5-8,12,14,18H,9-11,13H2,1-4H3,(H2,23,29)/t18-/m1/s1. The first-order valence-electron chi connectivity index (χ1n) is 10.1. The van der Waals surface area contributed by atoms with E-state index in [9.17, 15) is 9.59 Å². The van der Waals surface area contributed by atoms with Crippen LogP contribution in [0.3, 0.4) is 0 Å². The number of nitrogens with zero attached hydrogens (tertiary/aromatic N) is 4. The topological polar surface area (TPSA) is 102 Å². The fraction of sp³-hybridized carbons (Fsp3) is 0.455. The lowest BCUT2D eigenvalue weighted by Crippen LogP contribution is -2.43. The summed E-state index contributed by atoms with van der Waals surface area (Å²) >= 11 is 0. The Morgan fingerprint density at radius 2 is 1.97 bits per heavy atom. The molecule has 1 aliphatic heterocycles. The fourth-order valence-corrected chi connectivity index (χ4v) is 3.40. The minimum atomic E-state index is -0.476. The molecule has 0 aliphatic carbocycles. The van der Waals surface area contributed by atoms with E-state index in [1.54, 1.807) is 18.3 Å². The van der Waals surface area contributed by atoms with Crippen molar-refractivity contribution in [2.45, 2.75) is 26.4 Å². The van der Waals surface area contributed by atoms with Crippen LogP contribution in [0.5, 0.6) is 0 Å². The van der Waals surface area contributed by atoms with Gasteiger partial charge in [0.15, 0.2) is 0 Å². The van der Waals surface area contributed by atoms with E-state index in [4.69, 9.17) is 15.5 Å². The highest BCUT2D eigenvalue weighted by Crippen LogP contribution is 2.32. The number of hydrogen-bond donors (Lipinski definition) is 1. The summed E-state index contributed by atoms with van der Waals surface area (Å²) in [6, 6.07) is 7.01. The molecule has 0 saturated carbocycles. The quantitative estimate of drug-likeness (QED) is 0.782. The zero-order chi connectivity index (χ0) is 21.8. The highest BCUT2D eigenvalue weighted by molar-refractivity contribution is 5.93. The van der Waals surface area contributed by atoms with Crippen LogP contribution in [0, 0.1) is 5.92 Å². The number of rotatable bonds is 6. The largest absolute Gasteiger partial charge is 0.368 e. The van der Waals surface area contributed by atoms with Gasteiger partial charge < -0.3 is 20.3 Å². The van der Waals surface area contributed by atoms with E-state index in [0.717, 1.165) is 16.8 Å².